The van der Waals surface area contributed by atoms with Crippen LogP contribution in [0.15, 0.2) is 12.1 Å². The molecular formula is C11H11Cl2NO2. The number of amides is 1. The summed E-state index contributed by atoms with van der Waals surface area (Å²) < 4.78 is 0. The number of hydrogen-bond acceptors (Lipinski definition) is 2. The van der Waals surface area contributed by atoms with Gasteiger partial charge in [-0.3, -0.25) is 4.79 Å². The van der Waals surface area contributed by atoms with Crippen LogP contribution in [0.4, 0.5) is 5.69 Å². The third-order valence-corrected chi connectivity index (χ3v) is 3.24. The molecule has 1 aromatic rings. The summed E-state index contributed by atoms with van der Waals surface area (Å²) in [6.07, 6.45) is 0.890. The van der Waals surface area contributed by atoms with Gasteiger partial charge in [-0.25, -0.2) is 0 Å². The summed E-state index contributed by atoms with van der Waals surface area (Å²) in [6, 6.07) is 2.90. The molecule has 2 atom stereocenters. The molecule has 0 bridgehead atoms. The lowest BCUT2D eigenvalue weighted by atomic mass is 10.2. The van der Waals surface area contributed by atoms with E-state index in [4.69, 9.17) is 23.2 Å². The Bertz CT molecular complexity index is 448. The molecule has 2 rings (SSSR count). The van der Waals surface area contributed by atoms with Crippen molar-refractivity contribution in [2.75, 3.05) is 5.32 Å². The van der Waals surface area contributed by atoms with Crippen LogP contribution in [0.25, 0.3) is 0 Å². The molecular weight excluding hydrogens is 249 g/mol. The molecule has 3 nitrogen and oxygen atoms in total. The van der Waals surface area contributed by atoms with Gasteiger partial charge < -0.3 is 10.4 Å². The lowest BCUT2D eigenvalue weighted by Crippen LogP contribution is -2.14. The minimum absolute atomic E-state index is 0.0390. The number of nitrogens with one attached hydrogen (secondary N) is 1. The predicted molar refractivity (Wildman–Crippen MR) is 64.0 cm³/mol. The Balaban J connectivity index is 2.18. The van der Waals surface area contributed by atoms with Crippen molar-refractivity contribution in [2.24, 2.45) is 11.8 Å². The molecule has 0 aliphatic heterocycles. The number of benzene rings is 1. The number of phenolic OH excluding ortho intramolecular Hbond substituents is 1. The first-order valence-electron chi connectivity index (χ1n) is 4.98. The molecule has 1 aromatic carbocycles. The van der Waals surface area contributed by atoms with Crippen molar-refractivity contribution in [2.45, 2.75) is 13.3 Å². The van der Waals surface area contributed by atoms with Gasteiger partial charge in [-0.2, -0.15) is 0 Å². The fourth-order valence-corrected chi connectivity index (χ4v) is 2.07. The van der Waals surface area contributed by atoms with E-state index in [1.165, 1.54) is 12.1 Å². The van der Waals surface area contributed by atoms with Crippen molar-refractivity contribution in [3.8, 4) is 5.75 Å². The maximum Gasteiger partial charge on any atom is 0.227 e. The Hall–Kier alpha value is -0.930. The number of aromatic hydroxyl groups is 1. The van der Waals surface area contributed by atoms with E-state index in [0.29, 0.717) is 10.9 Å². The molecule has 1 amide bonds. The average molecular weight is 260 g/mol. The Kier molecular flexibility index (Phi) is 3.00. The average Bonchev–Trinajstić information content (AvgIpc) is 2.91. The molecule has 0 aromatic heterocycles. The fraction of sp³-hybridized carbons (Fsp3) is 0.364. The molecule has 1 saturated carbocycles. The Morgan fingerprint density at radius 2 is 2.12 bits per heavy atom. The van der Waals surface area contributed by atoms with E-state index in [2.05, 4.69) is 5.32 Å². The second kappa shape index (κ2) is 4.15. The fourth-order valence-electron chi connectivity index (χ4n) is 1.57. The van der Waals surface area contributed by atoms with Crippen LogP contribution < -0.4 is 5.32 Å². The summed E-state index contributed by atoms with van der Waals surface area (Å²) in [5, 5.41) is 12.8. The first-order valence-corrected chi connectivity index (χ1v) is 5.73. The van der Waals surface area contributed by atoms with Crippen LogP contribution in [0.2, 0.25) is 10.0 Å². The smallest absolute Gasteiger partial charge is 0.227 e. The van der Waals surface area contributed by atoms with Crippen molar-refractivity contribution >= 4 is 34.8 Å². The molecule has 0 heterocycles. The zero-order valence-electron chi connectivity index (χ0n) is 8.63. The normalized spacial score (nSPS) is 22.9. The molecule has 0 radical (unpaired) electrons. The van der Waals surface area contributed by atoms with Gasteiger partial charge in [0.05, 0.1) is 10.7 Å². The molecule has 2 unspecified atom stereocenters. The summed E-state index contributed by atoms with van der Waals surface area (Å²) in [4.78, 5) is 11.7. The Morgan fingerprint density at radius 1 is 1.50 bits per heavy atom. The third-order valence-electron chi connectivity index (χ3n) is 2.73. The number of carbonyl (C=O) groups is 1. The van der Waals surface area contributed by atoms with E-state index in [1.54, 1.807) is 0 Å². The molecule has 0 spiro atoms. The summed E-state index contributed by atoms with van der Waals surface area (Å²) in [7, 11) is 0. The lowest BCUT2D eigenvalue weighted by Gasteiger charge is -2.08. The Morgan fingerprint density at radius 3 is 2.69 bits per heavy atom. The van der Waals surface area contributed by atoms with Crippen LogP contribution >= 0.6 is 23.2 Å². The molecule has 5 heteroatoms. The molecule has 1 fully saturated rings. The molecule has 2 N–H and O–H groups in total. The van der Waals surface area contributed by atoms with Gasteiger partial charge in [-0.15, -0.1) is 0 Å². The van der Waals surface area contributed by atoms with Gasteiger partial charge in [-0.1, -0.05) is 30.1 Å². The van der Waals surface area contributed by atoms with Gasteiger partial charge in [0, 0.05) is 10.9 Å². The van der Waals surface area contributed by atoms with E-state index in [1.807, 2.05) is 6.92 Å². The first-order chi connectivity index (χ1) is 7.49. The molecule has 1 aliphatic carbocycles. The lowest BCUT2D eigenvalue weighted by molar-refractivity contribution is -0.117. The highest BCUT2D eigenvalue weighted by molar-refractivity contribution is 6.36. The van der Waals surface area contributed by atoms with Gasteiger partial charge in [0.25, 0.3) is 0 Å². The van der Waals surface area contributed by atoms with Crippen molar-refractivity contribution in [3.63, 3.8) is 0 Å². The topological polar surface area (TPSA) is 49.3 Å². The second-order valence-corrected chi connectivity index (χ2v) is 4.94. The van der Waals surface area contributed by atoms with Crippen LogP contribution in [0, 0.1) is 11.8 Å². The van der Waals surface area contributed by atoms with E-state index in [0.717, 1.165) is 6.42 Å². The number of hydrogen-bond donors (Lipinski definition) is 2. The zero-order valence-corrected chi connectivity index (χ0v) is 10.1. The van der Waals surface area contributed by atoms with Crippen molar-refractivity contribution < 1.29 is 9.90 Å². The van der Waals surface area contributed by atoms with Gasteiger partial charge in [0.1, 0.15) is 0 Å². The summed E-state index contributed by atoms with van der Waals surface area (Å²) in [6.45, 7) is 2.01. The van der Waals surface area contributed by atoms with Crippen LogP contribution in [-0.2, 0) is 4.79 Å². The molecule has 86 valence electrons. The van der Waals surface area contributed by atoms with Gasteiger partial charge in [-0.05, 0) is 24.5 Å². The number of carbonyl (C=O) groups excluding carboxylic acids is 1. The molecule has 0 saturated heterocycles. The maximum atomic E-state index is 11.7. The number of halogens is 2. The molecule has 1 aliphatic rings. The maximum absolute atomic E-state index is 11.7. The number of rotatable bonds is 2. The van der Waals surface area contributed by atoms with Crippen LogP contribution in [0.3, 0.4) is 0 Å². The third kappa shape index (κ3) is 2.25. The number of phenols is 1. The first kappa shape index (κ1) is 11.6. The van der Waals surface area contributed by atoms with E-state index >= 15 is 0 Å². The highest BCUT2D eigenvalue weighted by atomic mass is 35.5. The summed E-state index contributed by atoms with van der Waals surface area (Å²) >= 11 is 11.5. The van der Waals surface area contributed by atoms with Crippen molar-refractivity contribution in [1.82, 2.24) is 0 Å². The van der Waals surface area contributed by atoms with Gasteiger partial charge in [0.15, 0.2) is 5.75 Å². The molecule has 16 heavy (non-hydrogen) atoms. The van der Waals surface area contributed by atoms with Gasteiger partial charge >= 0.3 is 0 Å². The SMILES string of the molecule is CC1CC1C(=O)Nc1cc(Cl)cc(Cl)c1O. The highest BCUT2D eigenvalue weighted by Gasteiger charge is 2.39. The quantitative estimate of drug-likeness (QED) is 0.801. The van der Waals surface area contributed by atoms with Crippen LogP contribution in [0.1, 0.15) is 13.3 Å². The highest BCUT2D eigenvalue weighted by Crippen LogP contribution is 2.40. The second-order valence-electron chi connectivity index (χ2n) is 4.09. The van der Waals surface area contributed by atoms with Crippen molar-refractivity contribution in [3.05, 3.63) is 22.2 Å². The summed E-state index contributed by atoms with van der Waals surface area (Å²) in [5.74, 6) is 0.211. The van der Waals surface area contributed by atoms with Crippen LogP contribution in [0.5, 0.6) is 5.75 Å². The van der Waals surface area contributed by atoms with Gasteiger partial charge in [0.2, 0.25) is 5.91 Å². The van der Waals surface area contributed by atoms with Crippen LogP contribution in [-0.4, -0.2) is 11.0 Å². The summed E-state index contributed by atoms with van der Waals surface area (Å²) in [5.41, 5.74) is 0.265. The Labute approximate surface area is 103 Å². The monoisotopic (exact) mass is 259 g/mol. The zero-order chi connectivity index (χ0) is 11.9. The standard InChI is InChI=1S/C11H11Cl2NO2/c1-5-2-7(5)11(16)14-9-4-6(12)3-8(13)10(9)15/h3-5,7,15H,2H2,1H3,(H,14,16). The minimum Gasteiger partial charge on any atom is -0.504 e. The van der Waals surface area contributed by atoms with E-state index < -0.39 is 0 Å². The minimum atomic E-state index is -0.146. The predicted octanol–water partition coefficient (Wildman–Crippen LogP) is 3.29. The van der Waals surface area contributed by atoms with E-state index in [9.17, 15) is 9.90 Å². The van der Waals surface area contributed by atoms with Crippen molar-refractivity contribution in [1.29, 1.82) is 0 Å². The van der Waals surface area contributed by atoms with E-state index in [-0.39, 0.29) is 28.3 Å². The largest absolute Gasteiger partial charge is 0.504 e. The number of anilines is 1.